The standard InChI is InChI=1S/C48H35N/c1-48(39-23-6-3-7-24-39)43-28-11-10-27-42(43)47-44(48)29-15-31-46(47)49(45-30-14-19-35-18-8-9-26-41(35)45)40-25-13-22-38(33-40)37-21-12-20-36(32-37)34-16-4-2-5-17-34/h2-33H,1H3. The van der Waals surface area contributed by atoms with Crippen LogP contribution in [-0.4, -0.2) is 0 Å². The van der Waals surface area contributed by atoms with Crippen molar-refractivity contribution >= 4 is 27.8 Å². The Morgan fingerprint density at radius 1 is 0.408 bits per heavy atom. The maximum absolute atomic E-state index is 2.49. The van der Waals surface area contributed by atoms with Gasteiger partial charge in [-0.3, -0.25) is 0 Å². The molecular weight excluding hydrogens is 591 g/mol. The van der Waals surface area contributed by atoms with Gasteiger partial charge in [0.15, 0.2) is 0 Å². The van der Waals surface area contributed by atoms with Crippen LogP contribution in [0.15, 0.2) is 194 Å². The van der Waals surface area contributed by atoms with Crippen molar-refractivity contribution in [3.63, 3.8) is 0 Å². The molecule has 0 bridgehead atoms. The first-order valence-corrected chi connectivity index (χ1v) is 17.0. The molecule has 9 rings (SSSR count). The molecule has 1 aliphatic carbocycles. The molecule has 0 spiro atoms. The number of anilines is 3. The van der Waals surface area contributed by atoms with Crippen molar-refractivity contribution in [1.82, 2.24) is 0 Å². The van der Waals surface area contributed by atoms with Gasteiger partial charge >= 0.3 is 0 Å². The number of fused-ring (bicyclic) bond motifs is 4. The van der Waals surface area contributed by atoms with Gasteiger partial charge < -0.3 is 4.90 Å². The van der Waals surface area contributed by atoms with Crippen LogP contribution in [0.4, 0.5) is 17.1 Å². The average Bonchev–Trinajstić information content (AvgIpc) is 3.45. The third kappa shape index (κ3) is 4.78. The summed E-state index contributed by atoms with van der Waals surface area (Å²) in [7, 11) is 0. The minimum Gasteiger partial charge on any atom is -0.309 e. The topological polar surface area (TPSA) is 3.24 Å². The Bertz CT molecular complexity index is 2460. The van der Waals surface area contributed by atoms with E-state index >= 15 is 0 Å². The number of hydrogen-bond acceptors (Lipinski definition) is 1. The van der Waals surface area contributed by atoms with Gasteiger partial charge in [0.1, 0.15) is 0 Å². The summed E-state index contributed by atoms with van der Waals surface area (Å²) < 4.78 is 0. The maximum atomic E-state index is 2.49. The number of rotatable bonds is 6. The molecule has 8 aromatic carbocycles. The van der Waals surface area contributed by atoms with E-state index in [1.54, 1.807) is 0 Å². The van der Waals surface area contributed by atoms with Gasteiger partial charge in [0.25, 0.3) is 0 Å². The Morgan fingerprint density at radius 3 is 1.80 bits per heavy atom. The van der Waals surface area contributed by atoms with Crippen LogP contribution in [0.25, 0.3) is 44.2 Å². The summed E-state index contributed by atoms with van der Waals surface area (Å²) in [5, 5.41) is 2.44. The summed E-state index contributed by atoms with van der Waals surface area (Å²) in [6.45, 7) is 2.39. The van der Waals surface area contributed by atoms with E-state index in [4.69, 9.17) is 0 Å². The second-order valence-electron chi connectivity index (χ2n) is 13.1. The van der Waals surface area contributed by atoms with Gasteiger partial charge in [-0.1, -0.05) is 164 Å². The van der Waals surface area contributed by atoms with Gasteiger partial charge in [-0.05, 0) is 87.1 Å². The molecule has 0 aliphatic heterocycles. The molecular formula is C48H35N. The number of nitrogens with zero attached hydrogens (tertiary/aromatic N) is 1. The lowest BCUT2D eigenvalue weighted by molar-refractivity contribution is 0.714. The normalized spacial score (nSPS) is 14.7. The maximum Gasteiger partial charge on any atom is 0.0543 e. The minimum atomic E-state index is -0.284. The summed E-state index contributed by atoms with van der Waals surface area (Å²) in [6, 6.07) is 70.7. The molecule has 0 amide bonds. The highest BCUT2D eigenvalue weighted by molar-refractivity contribution is 6.03. The van der Waals surface area contributed by atoms with E-state index in [2.05, 4.69) is 206 Å². The lowest BCUT2D eigenvalue weighted by Crippen LogP contribution is -2.22. The number of benzene rings is 8. The first-order chi connectivity index (χ1) is 24.2. The van der Waals surface area contributed by atoms with Crippen molar-refractivity contribution in [3.8, 4) is 33.4 Å². The molecule has 1 atom stereocenters. The highest BCUT2D eigenvalue weighted by atomic mass is 15.1. The molecule has 0 heterocycles. The van der Waals surface area contributed by atoms with Gasteiger partial charge in [0.05, 0.1) is 11.4 Å². The van der Waals surface area contributed by atoms with Crippen LogP contribution < -0.4 is 4.90 Å². The summed E-state index contributed by atoms with van der Waals surface area (Å²) in [5.74, 6) is 0. The Labute approximate surface area is 288 Å². The molecule has 0 radical (unpaired) electrons. The molecule has 49 heavy (non-hydrogen) atoms. The summed E-state index contributed by atoms with van der Waals surface area (Å²) in [6.07, 6.45) is 0. The Morgan fingerprint density at radius 2 is 0.959 bits per heavy atom. The molecule has 8 aromatic rings. The molecule has 1 unspecified atom stereocenters. The molecule has 0 N–H and O–H groups in total. The van der Waals surface area contributed by atoms with Gasteiger partial charge in [0, 0.05) is 22.1 Å². The summed E-state index contributed by atoms with van der Waals surface area (Å²) in [4.78, 5) is 2.49. The van der Waals surface area contributed by atoms with E-state index in [-0.39, 0.29) is 5.41 Å². The molecule has 1 heteroatoms. The summed E-state index contributed by atoms with van der Waals surface area (Å²) in [5.41, 5.74) is 14.5. The van der Waals surface area contributed by atoms with Crippen LogP contribution in [-0.2, 0) is 5.41 Å². The molecule has 232 valence electrons. The fourth-order valence-corrected chi connectivity index (χ4v) is 7.94. The van der Waals surface area contributed by atoms with Crippen LogP contribution in [0.1, 0.15) is 23.6 Å². The third-order valence-electron chi connectivity index (χ3n) is 10.3. The Hall–Kier alpha value is -6.18. The van der Waals surface area contributed by atoms with Crippen molar-refractivity contribution < 1.29 is 0 Å². The quantitative estimate of drug-likeness (QED) is 0.178. The lowest BCUT2D eigenvalue weighted by Gasteiger charge is -2.31. The molecule has 0 saturated carbocycles. The fraction of sp³-hybridized carbons (Fsp3) is 0.0417. The molecule has 1 aliphatic rings. The molecule has 0 saturated heterocycles. The van der Waals surface area contributed by atoms with Crippen LogP contribution in [0.2, 0.25) is 0 Å². The predicted molar refractivity (Wildman–Crippen MR) is 207 cm³/mol. The van der Waals surface area contributed by atoms with E-state index in [1.165, 1.54) is 66.5 Å². The minimum absolute atomic E-state index is 0.284. The number of hydrogen-bond donors (Lipinski definition) is 0. The highest BCUT2D eigenvalue weighted by Crippen LogP contribution is 2.57. The highest BCUT2D eigenvalue weighted by Gasteiger charge is 2.42. The van der Waals surface area contributed by atoms with Crippen molar-refractivity contribution in [2.45, 2.75) is 12.3 Å². The van der Waals surface area contributed by atoms with E-state index < -0.39 is 0 Å². The zero-order valence-corrected chi connectivity index (χ0v) is 27.4. The van der Waals surface area contributed by atoms with E-state index in [0.29, 0.717) is 0 Å². The first kappa shape index (κ1) is 29.0. The van der Waals surface area contributed by atoms with Crippen molar-refractivity contribution in [1.29, 1.82) is 0 Å². The Kier molecular flexibility index (Phi) is 6.99. The monoisotopic (exact) mass is 625 g/mol. The van der Waals surface area contributed by atoms with Gasteiger partial charge in [-0.15, -0.1) is 0 Å². The van der Waals surface area contributed by atoms with Crippen molar-refractivity contribution in [2.24, 2.45) is 0 Å². The molecule has 0 aromatic heterocycles. The van der Waals surface area contributed by atoms with Crippen LogP contribution >= 0.6 is 0 Å². The van der Waals surface area contributed by atoms with Gasteiger partial charge in [-0.2, -0.15) is 0 Å². The SMILES string of the molecule is CC1(c2ccccc2)c2ccccc2-c2c(N(c3cccc(-c4cccc(-c5ccccc5)c4)c3)c3cccc4ccccc34)cccc21. The predicted octanol–water partition coefficient (Wildman–Crippen LogP) is 13.0. The zero-order valence-electron chi connectivity index (χ0n) is 27.4. The fourth-order valence-electron chi connectivity index (χ4n) is 7.94. The Balaban J connectivity index is 1.29. The van der Waals surface area contributed by atoms with Crippen LogP contribution in [0, 0.1) is 0 Å². The first-order valence-electron chi connectivity index (χ1n) is 17.0. The summed E-state index contributed by atoms with van der Waals surface area (Å²) >= 11 is 0. The van der Waals surface area contributed by atoms with E-state index in [9.17, 15) is 0 Å². The van der Waals surface area contributed by atoms with Crippen molar-refractivity contribution in [2.75, 3.05) is 4.90 Å². The van der Waals surface area contributed by atoms with Crippen LogP contribution in [0.5, 0.6) is 0 Å². The zero-order chi connectivity index (χ0) is 32.8. The average molecular weight is 626 g/mol. The second-order valence-corrected chi connectivity index (χ2v) is 13.1. The third-order valence-corrected chi connectivity index (χ3v) is 10.3. The smallest absolute Gasteiger partial charge is 0.0543 e. The lowest BCUT2D eigenvalue weighted by atomic mass is 9.74. The van der Waals surface area contributed by atoms with E-state index in [1.807, 2.05) is 0 Å². The van der Waals surface area contributed by atoms with E-state index in [0.717, 1.165) is 11.4 Å². The van der Waals surface area contributed by atoms with Crippen molar-refractivity contribution in [3.05, 3.63) is 211 Å². The second kappa shape index (κ2) is 11.8. The largest absolute Gasteiger partial charge is 0.309 e. The van der Waals surface area contributed by atoms with Gasteiger partial charge in [-0.25, -0.2) is 0 Å². The van der Waals surface area contributed by atoms with Gasteiger partial charge in [0.2, 0.25) is 0 Å². The molecule has 1 nitrogen and oxygen atoms in total. The molecule has 0 fully saturated rings. The van der Waals surface area contributed by atoms with Crippen LogP contribution in [0.3, 0.4) is 0 Å².